The number of rotatable bonds is 5. The van der Waals surface area contributed by atoms with Gasteiger partial charge in [-0.1, -0.05) is 34.3 Å². The van der Waals surface area contributed by atoms with Gasteiger partial charge in [-0.15, -0.1) is 0 Å². The highest BCUT2D eigenvalue weighted by atomic mass is 16.5. The Morgan fingerprint density at radius 1 is 1.38 bits per heavy atom. The Morgan fingerprint density at radius 3 is 2.23 bits per heavy atom. The molecule has 2 heteroatoms. The van der Waals surface area contributed by atoms with E-state index in [-0.39, 0.29) is 12.1 Å². The first kappa shape index (κ1) is 12.2. The van der Waals surface area contributed by atoms with E-state index in [1.165, 1.54) is 0 Å². The maximum Gasteiger partial charge on any atom is 0.333 e. The molecule has 0 bridgehead atoms. The van der Waals surface area contributed by atoms with Gasteiger partial charge in [-0.05, 0) is 18.8 Å². The van der Waals surface area contributed by atoms with Crippen molar-refractivity contribution in [2.24, 2.45) is 5.92 Å². The fraction of sp³-hybridized carbons (Fsp3) is 0.727. The molecule has 0 spiro atoms. The van der Waals surface area contributed by atoms with Crippen LogP contribution in [-0.2, 0) is 9.53 Å². The van der Waals surface area contributed by atoms with Crippen molar-refractivity contribution in [2.45, 2.75) is 46.6 Å². The summed E-state index contributed by atoms with van der Waals surface area (Å²) < 4.78 is 5.28. The average Bonchev–Trinajstić information content (AvgIpc) is 2.11. The number of carbonyl (C=O) groups is 1. The molecule has 0 aromatic carbocycles. The van der Waals surface area contributed by atoms with Crippen molar-refractivity contribution in [3.63, 3.8) is 0 Å². The van der Waals surface area contributed by atoms with E-state index in [1.54, 1.807) is 0 Å². The summed E-state index contributed by atoms with van der Waals surface area (Å²) in [6.07, 6.45) is 1.55. The van der Waals surface area contributed by atoms with Crippen LogP contribution >= 0.6 is 0 Å². The highest BCUT2D eigenvalue weighted by molar-refractivity contribution is 5.87. The summed E-state index contributed by atoms with van der Waals surface area (Å²) >= 11 is 0. The van der Waals surface area contributed by atoms with Crippen LogP contribution in [0.2, 0.25) is 0 Å². The van der Waals surface area contributed by atoms with Gasteiger partial charge in [0, 0.05) is 5.57 Å². The maximum atomic E-state index is 11.3. The minimum Gasteiger partial charge on any atom is -0.459 e. The van der Waals surface area contributed by atoms with E-state index in [0.717, 1.165) is 6.42 Å². The minimum absolute atomic E-state index is 0.0239. The van der Waals surface area contributed by atoms with Crippen molar-refractivity contribution in [1.29, 1.82) is 0 Å². The second kappa shape index (κ2) is 5.79. The molecule has 0 saturated carbocycles. The third-order valence-corrected chi connectivity index (χ3v) is 2.12. The molecule has 2 nitrogen and oxygen atoms in total. The number of hydrogen-bond donors (Lipinski definition) is 0. The van der Waals surface area contributed by atoms with Crippen LogP contribution in [0.5, 0.6) is 0 Å². The maximum absolute atomic E-state index is 11.3. The molecule has 0 rings (SSSR count). The molecule has 76 valence electrons. The Morgan fingerprint density at radius 2 is 1.92 bits per heavy atom. The highest BCUT2D eigenvalue weighted by Crippen LogP contribution is 2.13. The van der Waals surface area contributed by atoms with Crippen molar-refractivity contribution in [3.05, 3.63) is 12.2 Å². The molecule has 0 radical (unpaired) electrons. The molecule has 0 aromatic heterocycles. The van der Waals surface area contributed by atoms with Crippen LogP contribution in [-0.4, -0.2) is 12.1 Å². The smallest absolute Gasteiger partial charge is 0.333 e. The molecule has 1 unspecified atom stereocenters. The van der Waals surface area contributed by atoms with Crippen molar-refractivity contribution in [1.82, 2.24) is 0 Å². The summed E-state index contributed by atoms with van der Waals surface area (Å²) in [6, 6.07) is 0. The minimum atomic E-state index is -0.247. The zero-order valence-corrected chi connectivity index (χ0v) is 9.09. The fourth-order valence-corrected chi connectivity index (χ4v) is 1.06. The first-order valence-corrected chi connectivity index (χ1v) is 4.91. The molecule has 0 aromatic rings. The summed E-state index contributed by atoms with van der Waals surface area (Å²) in [5, 5.41) is 0. The fourth-order valence-electron chi connectivity index (χ4n) is 1.06. The van der Waals surface area contributed by atoms with Crippen LogP contribution in [0.15, 0.2) is 12.2 Å². The normalized spacial score (nSPS) is 12.7. The Balaban J connectivity index is 4.09. The van der Waals surface area contributed by atoms with Gasteiger partial charge in [0.25, 0.3) is 0 Å². The molecular formula is C11H20O2. The Bertz CT molecular complexity index is 183. The molecule has 1 atom stereocenters. The topological polar surface area (TPSA) is 26.3 Å². The summed E-state index contributed by atoms with van der Waals surface area (Å²) in [4.78, 5) is 11.3. The lowest BCUT2D eigenvalue weighted by molar-refractivity contribution is -0.146. The number of carbonyl (C=O) groups excluding carboxylic acids is 1. The van der Waals surface area contributed by atoms with E-state index in [2.05, 4.69) is 20.4 Å². The molecule has 0 saturated heterocycles. The molecule has 0 fully saturated rings. The van der Waals surface area contributed by atoms with E-state index in [4.69, 9.17) is 4.74 Å². The predicted molar refractivity (Wildman–Crippen MR) is 54.4 cm³/mol. The average molecular weight is 184 g/mol. The second-order valence-corrected chi connectivity index (χ2v) is 3.55. The molecule has 0 N–H and O–H groups in total. The van der Waals surface area contributed by atoms with Crippen molar-refractivity contribution >= 4 is 5.97 Å². The van der Waals surface area contributed by atoms with E-state index in [0.29, 0.717) is 17.9 Å². The molecule has 0 heterocycles. The first-order valence-electron chi connectivity index (χ1n) is 4.91. The lowest BCUT2D eigenvalue weighted by Crippen LogP contribution is -2.23. The van der Waals surface area contributed by atoms with Gasteiger partial charge in [-0.2, -0.15) is 0 Å². The van der Waals surface area contributed by atoms with Crippen molar-refractivity contribution in [2.75, 3.05) is 0 Å². The Kier molecular flexibility index (Phi) is 5.44. The van der Waals surface area contributed by atoms with Gasteiger partial charge in [-0.3, -0.25) is 0 Å². The van der Waals surface area contributed by atoms with Crippen LogP contribution in [0, 0.1) is 5.92 Å². The van der Waals surface area contributed by atoms with Crippen molar-refractivity contribution in [3.8, 4) is 0 Å². The van der Waals surface area contributed by atoms with Crippen LogP contribution < -0.4 is 0 Å². The van der Waals surface area contributed by atoms with Crippen LogP contribution in [0.3, 0.4) is 0 Å². The predicted octanol–water partition coefficient (Wildman–Crippen LogP) is 2.93. The second-order valence-electron chi connectivity index (χ2n) is 3.55. The van der Waals surface area contributed by atoms with E-state index in [1.807, 2.05) is 13.8 Å². The zero-order chi connectivity index (χ0) is 10.4. The third-order valence-electron chi connectivity index (χ3n) is 2.12. The van der Waals surface area contributed by atoms with Crippen molar-refractivity contribution < 1.29 is 9.53 Å². The number of hydrogen-bond acceptors (Lipinski definition) is 2. The van der Waals surface area contributed by atoms with E-state index < -0.39 is 0 Å². The van der Waals surface area contributed by atoms with Gasteiger partial charge in [0.05, 0.1) is 0 Å². The molecule has 13 heavy (non-hydrogen) atoms. The molecule has 0 aliphatic heterocycles. The quantitative estimate of drug-likeness (QED) is 0.485. The Hall–Kier alpha value is -0.790. The lowest BCUT2D eigenvalue weighted by atomic mass is 10.1. The van der Waals surface area contributed by atoms with E-state index in [9.17, 15) is 4.79 Å². The summed E-state index contributed by atoms with van der Waals surface area (Å²) in [5.41, 5.74) is 0.555. The van der Waals surface area contributed by atoms with Gasteiger partial charge in [-0.25, -0.2) is 4.79 Å². The third kappa shape index (κ3) is 4.11. The summed E-state index contributed by atoms with van der Waals surface area (Å²) in [6.45, 7) is 11.7. The highest BCUT2D eigenvalue weighted by Gasteiger charge is 2.17. The van der Waals surface area contributed by atoms with Gasteiger partial charge in [0.15, 0.2) is 0 Å². The molecule has 0 aliphatic carbocycles. The Labute approximate surface area is 81.0 Å². The summed E-state index contributed by atoms with van der Waals surface area (Å²) in [7, 11) is 0. The van der Waals surface area contributed by atoms with Crippen LogP contribution in [0.4, 0.5) is 0 Å². The summed E-state index contributed by atoms with van der Waals surface area (Å²) in [5.74, 6) is 0.127. The monoisotopic (exact) mass is 184 g/mol. The number of esters is 1. The number of ether oxygens (including phenoxy) is 1. The van der Waals surface area contributed by atoms with Gasteiger partial charge in [0.2, 0.25) is 0 Å². The lowest BCUT2D eigenvalue weighted by Gasteiger charge is -2.19. The standard InChI is InChI=1S/C11H20O2/c1-6-9(5)11(12)13-10(7-2)8(3)4/h8,10H,5-7H2,1-4H3. The molecular weight excluding hydrogens is 164 g/mol. The van der Waals surface area contributed by atoms with Crippen LogP contribution in [0.25, 0.3) is 0 Å². The van der Waals surface area contributed by atoms with Gasteiger partial charge < -0.3 is 4.74 Å². The molecule has 0 amide bonds. The van der Waals surface area contributed by atoms with Gasteiger partial charge >= 0.3 is 5.97 Å². The van der Waals surface area contributed by atoms with Crippen LogP contribution in [0.1, 0.15) is 40.5 Å². The SMILES string of the molecule is C=C(CC)C(=O)OC(CC)C(C)C. The zero-order valence-electron chi connectivity index (χ0n) is 9.09. The van der Waals surface area contributed by atoms with E-state index >= 15 is 0 Å². The van der Waals surface area contributed by atoms with Gasteiger partial charge in [0.1, 0.15) is 6.10 Å². The first-order chi connectivity index (χ1) is 6.02. The molecule has 0 aliphatic rings. The largest absolute Gasteiger partial charge is 0.459 e.